The Morgan fingerprint density at radius 2 is 2.50 bits per heavy atom. The molecule has 0 aromatic carbocycles. The zero-order valence-corrected chi connectivity index (χ0v) is 5.85. The van der Waals surface area contributed by atoms with Crippen LogP contribution in [0.25, 0.3) is 0 Å². The number of allylic oxidation sites excluding steroid dienone is 2. The third kappa shape index (κ3) is 1.11. The van der Waals surface area contributed by atoms with Crippen molar-refractivity contribution in [3.8, 4) is 0 Å². The number of halogens is 1. The molecule has 0 radical (unpaired) electrons. The second-order valence-corrected chi connectivity index (χ2v) is 2.47. The van der Waals surface area contributed by atoms with Gasteiger partial charge in [-0.3, -0.25) is 0 Å². The lowest BCUT2D eigenvalue weighted by atomic mass is 10.3. The number of hydrogen-bond acceptors (Lipinski definition) is 2. The second kappa shape index (κ2) is 2.33. The molecule has 0 spiro atoms. The second-order valence-electron chi connectivity index (χ2n) is 1.56. The van der Waals surface area contributed by atoms with E-state index in [2.05, 4.69) is 21.2 Å². The largest absolute Gasteiger partial charge is 0.372 e. The van der Waals surface area contributed by atoms with Gasteiger partial charge in [-0.05, 0) is 18.4 Å². The fourth-order valence-corrected chi connectivity index (χ4v) is 0.767. The molecule has 0 saturated heterocycles. The lowest BCUT2D eigenvalue weighted by molar-refractivity contribution is 0.720. The first-order valence-corrected chi connectivity index (χ1v) is 3.14. The predicted molar refractivity (Wildman–Crippen MR) is 37.3 cm³/mol. The number of nitrogens with two attached hydrogens (primary N) is 1. The van der Waals surface area contributed by atoms with E-state index in [1.165, 1.54) is 0 Å². The van der Waals surface area contributed by atoms with Crippen molar-refractivity contribution in [2.24, 2.45) is 5.73 Å². The van der Waals surface area contributed by atoms with Gasteiger partial charge in [-0.2, -0.15) is 0 Å². The van der Waals surface area contributed by atoms with E-state index in [9.17, 15) is 0 Å². The highest BCUT2D eigenvalue weighted by atomic mass is 79.9. The molecule has 1 aliphatic heterocycles. The first-order chi connectivity index (χ1) is 3.80. The lowest BCUT2D eigenvalue weighted by Gasteiger charge is -2.12. The molecular weight excluding hydrogens is 168 g/mol. The molecule has 2 nitrogen and oxygen atoms in total. The molecule has 0 saturated carbocycles. The maximum Gasteiger partial charge on any atom is 0.107 e. The van der Waals surface area contributed by atoms with Gasteiger partial charge in [-0.15, -0.1) is 0 Å². The van der Waals surface area contributed by atoms with Crippen LogP contribution in [0.1, 0.15) is 0 Å². The Morgan fingerprint density at radius 3 is 2.88 bits per heavy atom. The van der Waals surface area contributed by atoms with Crippen LogP contribution in [0.2, 0.25) is 0 Å². The Hall–Kier alpha value is -0.280. The number of rotatable bonds is 0. The van der Waals surface area contributed by atoms with Gasteiger partial charge < -0.3 is 11.1 Å². The molecule has 3 heteroatoms. The summed E-state index contributed by atoms with van der Waals surface area (Å²) in [6.45, 7) is 0. The molecule has 1 unspecified atom stereocenters. The van der Waals surface area contributed by atoms with E-state index in [1.807, 2.05) is 18.4 Å². The molecule has 1 aliphatic rings. The third-order valence-electron chi connectivity index (χ3n) is 0.925. The van der Waals surface area contributed by atoms with Crippen LogP contribution in [-0.2, 0) is 0 Å². The molecule has 0 amide bonds. The minimum Gasteiger partial charge on any atom is -0.372 e. The third-order valence-corrected chi connectivity index (χ3v) is 1.68. The highest BCUT2D eigenvalue weighted by Crippen LogP contribution is 2.09. The number of dihydropyridines is 1. The van der Waals surface area contributed by atoms with Crippen LogP contribution in [0.4, 0.5) is 0 Å². The summed E-state index contributed by atoms with van der Waals surface area (Å²) in [6, 6.07) is 0. The van der Waals surface area contributed by atoms with Gasteiger partial charge in [-0.1, -0.05) is 15.9 Å². The predicted octanol–water partition coefficient (Wildman–Crippen LogP) is 0.667. The number of nitrogens with one attached hydrogen (secondary N) is 1. The van der Waals surface area contributed by atoms with E-state index in [0.29, 0.717) is 0 Å². The summed E-state index contributed by atoms with van der Waals surface area (Å²) >= 11 is 3.28. The SMILES string of the molecule is NC1NC=CC=C1Br. The zero-order valence-electron chi connectivity index (χ0n) is 4.26. The molecule has 0 aromatic heterocycles. The molecule has 8 heavy (non-hydrogen) atoms. The summed E-state index contributed by atoms with van der Waals surface area (Å²) < 4.78 is 0.986. The van der Waals surface area contributed by atoms with Crippen molar-refractivity contribution in [1.82, 2.24) is 5.32 Å². The Morgan fingerprint density at radius 1 is 1.75 bits per heavy atom. The fraction of sp³-hybridized carbons (Fsp3) is 0.200. The van der Waals surface area contributed by atoms with Crippen LogP contribution in [0.5, 0.6) is 0 Å². The van der Waals surface area contributed by atoms with Gasteiger partial charge in [0.1, 0.15) is 6.17 Å². The average Bonchev–Trinajstić information content (AvgIpc) is 1.77. The maximum absolute atomic E-state index is 5.50. The van der Waals surface area contributed by atoms with Crippen LogP contribution in [0.3, 0.4) is 0 Å². The molecule has 0 fully saturated rings. The molecule has 1 atom stereocenters. The normalized spacial score (nSPS) is 26.8. The van der Waals surface area contributed by atoms with Crippen molar-refractivity contribution < 1.29 is 0 Å². The minimum absolute atomic E-state index is 0.0556. The molecule has 0 aromatic rings. The average molecular weight is 175 g/mol. The summed E-state index contributed by atoms with van der Waals surface area (Å²) in [7, 11) is 0. The Kier molecular flexibility index (Phi) is 1.70. The van der Waals surface area contributed by atoms with Crippen LogP contribution in [-0.4, -0.2) is 6.17 Å². The molecule has 1 rings (SSSR count). The van der Waals surface area contributed by atoms with Crippen molar-refractivity contribution in [1.29, 1.82) is 0 Å². The quantitative estimate of drug-likeness (QED) is 0.567. The van der Waals surface area contributed by atoms with E-state index >= 15 is 0 Å². The molecule has 0 aliphatic carbocycles. The van der Waals surface area contributed by atoms with E-state index in [4.69, 9.17) is 5.73 Å². The topological polar surface area (TPSA) is 38.0 Å². The van der Waals surface area contributed by atoms with Crippen LogP contribution >= 0.6 is 15.9 Å². The monoisotopic (exact) mass is 174 g/mol. The zero-order chi connectivity index (χ0) is 5.98. The van der Waals surface area contributed by atoms with E-state index in [0.717, 1.165) is 4.48 Å². The Bertz CT molecular complexity index is 139. The summed E-state index contributed by atoms with van der Waals surface area (Å²) in [5, 5.41) is 2.91. The van der Waals surface area contributed by atoms with Gasteiger partial charge in [0, 0.05) is 4.48 Å². The molecule has 3 N–H and O–H groups in total. The van der Waals surface area contributed by atoms with Crippen molar-refractivity contribution in [2.45, 2.75) is 6.17 Å². The van der Waals surface area contributed by atoms with E-state index in [1.54, 1.807) is 0 Å². The maximum atomic E-state index is 5.50. The highest BCUT2D eigenvalue weighted by molar-refractivity contribution is 9.11. The van der Waals surface area contributed by atoms with Gasteiger partial charge in [0.25, 0.3) is 0 Å². The van der Waals surface area contributed by atoms with Gasteiger partial charge in [0.2, 0.25) is 0 Å². The van der Waals surface area contributed by atoms with Crippen LogP contribution in [0, 0.1) is 0 Å². The van der Waals surface area contributed by atoms with Crippen molar-refractivity contribution in [3.63, 3.8) is 0 Å². The standard InChI is InChI=1S/C5H7BrN2/c6-4-2-1-3-8-5(4)7/h1-3,5,8H,7H2. The number of hydrogen-bond donors (Lipinski definition) is 2. The lowest BCUT2D eigenvalue weighted by Crippen LogP contribution is -2.35. The molecule has 0 bridgehead atoms. The smallest absolute Gasteiger partial charge is 0.107 e. The molecule has 1 heterocycles. The summed E-state index contributed by atoms with van der Waals surface area (Å²) in [5.41, 5.74) is 5.50. The van der Waals surface area contributed by atoms with Crippen molar-refractivity contribution in [2.75, 3.05) is 0 Å². The van der Waals surface area contributed by atoms with E-state index in [-0.39, 0.29) is 6.17 Å². The van der Waals surface area contributed by atoms with Crippen molar-refractivity contribution >= 4 is 15.9 Å². The first-order valence-electron chi connectivity index (χ1n) is 2.34. The summed E-state index contributed by atoms with van der Waals surface area (Å²) in [4.78, 5) is 0. The minimum atomic E-state index is -0.0556. The Labute approximate surface area is 56.6 Å². The van der Waals surface area contributed by atoms with Gasteiger partial charge >= 0.3 is 0 Å². The van der Waals surface area contributed by atoms with E-state index < -0.39 is 0 Å². The summed E-state index contributed by atoms with van der Waals surface area (Å²) in [6.07, 6.45) is 5.57. The Balaban J connectivity index is 2.66. The van der Waals surface area contributed by atoms with Gasteiger partial charge in [0.15, 0.2) is 0 Å². The van der Waals surface area contributed by atoms with Crippen LogP contribution in [0.15, 0.2) is 22.8 Å². The molecule has 44 valence electrons. The summed E-state index contributed by atoms with van der Waals surface area (Å²) in [5.74, 6) is 0. The highest BCUT2D eigenvalue weighted by Gasteiger charge is 2.03. The van der Waals surface area contributed by atoms with Gasteiger partial charge in [-0.25, -0.2) is 0 Å². The van der Waals surface area contributed by atoms with Crippen LogP contribution < -0.4 is 11.1 Å². The van der Waals surface area contributed by atoms with Gasteiger partial charge in [0.05, 0.1) is 0 Å². The van der Waals surface area contributed by atoms with Crippen molar-refractivity contribution in [3.05, 3.63) is 22.8 Å². The molecular formula is C5H7BrN2. The first kappa shape index (κ1) is 5.85. The fourth-order valence-electron chi connectivity index (χ4n) is 0.483.